The molecule has 2 aliphatic rings. The van der Waals surface area contributed by atoms with Crippen LogP contribution in [0.1, 0.15) is 35.7 Å². The zero-order chi connectivity index (χ0) is 18.3. The largest absolute Gasteiger partial charge is 0.469 e. The molecule has 26 heavy (non-hydrogen) atoms. The second kappa shape index (κ2) is 6.74. The molecule has 2 fully saturated rings. The number of amides is 1. The average Bonchev–Trinajstić information content (AvgIpc) is 3.39. The molecule has 2 bridgehead atoms. The van der Waals surface area contributed by atoms with E-state index in [-0.39, 0.29) is 24.0 Å². The third-order valence-electron chi connectivity index (χ3n) is 5.60. The summed E-state index contributed by atoms with van der Waals surface area (Å²) in [7, 11) is 1.43. The van der Waals surface area contributed by atoms with Crippen molar-refractivity contribution in [3.05, 3.63) is 32.7 Å². The lowest BCUT2D eigenvalue weighted by atomic mass is 9.71. The van der Waals surface area contributed by atoms with E-state index in [2.05, 4.69) is 9.97 Å². The van der Waals surface area contributed by atoms with Crippen LogP contribution in [0.25, 0.3) is 0 Å². The van der Waals surface area contributed by atoms with Crippen LogP contribution in [0, 0.1) is 12.3 Å². The number of nitrogens with zero attached hydrogens (tertiary/aromatic N) is 3. The lowest BCUT2D eigenvalue weighted by Crippen LogP contribution is -2.47. The van der Waals surface area contributed by atoms with Gasteiger partial charge in [0, 0.05) is 29.3 Å². The van der Waals surface area contributed by atoms with Crippen LogP contribution in [0.4, 0.5) is 0 Å². The Morgan fingerprint density at radius 3 is 2.85 bits per heavy atom. The van der Waals surface area contributed by atoms with Crippen molar-refractivity contribution in [3.8, 4) is 0 Å². The quantitative estimate of drug-likeness (QED) is 0.733. The Kier molecular flexibility index (Phi) is 4.56. The average molecular weight is 392 g/mol. The molecule has 2 aliphatic heterocycles. The molecule has 0 aliphatic carbocycles. The maximum absolute atomic E-state index is 13.0. The van der Waals surface area contributed by atoms with Crippen LogP contribution in [0.3, 0.4) is 0 Å². The second-order valence-electron chi connectivity index (χ2n) is 7.09. The Morgan fingerprint density at radius 1 is 1.35 bits per heavy atom. The van der Waals surface area contributed by atoms with Gasteiger partial charge in [-0.1, -0.05) is 0 Å². The zero-order valence-electron chi connectivity index (χ0n) is 14.8. The molecule has 8 heteroatoms. The number of esters is 1. The summed E-state index contributed by atoms with van der Waals surface area (Å²) in [5, 5.41) is 4.87. The number of ether oxygens (including phenoxy) is 1. The van der Waals surface area contributed by atoms with Gasteiger partial charge in [0.25, 0.3) is 0 Å². The Bertz CT molecular complexity index is 820. The topological polar surface area (TPSA) is 72.4 Å². The van der Waals surface area contributed by atoms with Gasteiger partial charge in [-0.15, -0.1) is 22.7 Å². The normalized spacial score (nSPS) is 27.1. The monoisotopic (exact) mass is 391 g/mol. The summed E-state index contributed by atoms with van der Waals surface area (Å²) in [6, 6.07) is -0.0150. The molecular weight excluding hydrogens is 370 g/mol. The summed E-state index contributed by atoms with van der Waals surface area (Å²) in [5.74, 6) is -0.160. The van der Waals surface area contributed by atoms with E-state index in [1.54, 1.807) is 16.8 Å². The van der Waals surface area contributed by atoms with Crippen LogP contribution < -0.4 is 0 Å². The summed E-state index contributed by atoms with van der Waals surface area (Å²) in [4.78, 5) is 36.5. The molecular formula is C18H21N3O3S2. The summed E-state index contributed by atoms with van der Waals surface area (Å²) >= 11 is 3.08. The smallest absolute Gasteiger partial charge is 0.314 e. The van der Waals surface area contributed by atoms with E-state index in [9.17, 15) is 9.59 Å². The fraction of sp³-hybridized carbons (Fsp3) is 0.556. The molecule has 0 unspecified atom stereocenters. The highest BCUT2D eigenvalue weighted by Crippen LogP contribution is 2.52. The summed E-state index contributed by atoms with van der Waals surface area (Å²) in [6.45, 7) is 1.94. The van der Waals surface area contributed by atoms with Crippen molar-refractivity contribution in [2.75, 3.05) is 7.11 Å². The maximum atomic E-state index is 13.0. The molecule has 6 nitrogen and oxygen atoms in total. The second-order valence-corrected chi connectivity index (χ2v) is 8.87. The minimum absolute atomic E-state index is 0.0619. The van der Waals surface area contributed by atoms with Gasteiger partial charge in [-0.25, -0.2) is 9.97 Å². The van der Waals surface area contributed by atoms with Crippen LogP contribution in [0.15, 0.2) is 16.3 Å². The molecule has 2 aromatic rings. The van der Waals surface area contributed by atoms with Gasteiger partial charge >= 0.3 is 5.97 Å². The fourth-order valence-corrected chi connectivity index (χ4v) is 5.80. The van der Waals surface area contributed by atoms with Crippen molar-refractivity contribution in [2.45, 2.75) is 51.1 Å². The van der Waals surface area contributed by atoms with E-state index >= 15 is 0 Å². The molecule has 4 rings (SSSR count). The molecule has 4 heterocycles. The first-order chi connectivity index (χ1) is 12.5. The van der Waals surface area contributed by atoms with Crippen LogP contribution >= 0.6 is 22.7 Å². The standard InChI is InChI=1S/C18H21N3O3S2/c1-11-20-12(9-26-11)5-16(22)21-14-3-4-15(21)18(7-14,17(23)24-2)6-13-8-25-10-19-13/h8-10,14-15H,3-7H2,1-2H3/t14-,15+,18+/m1/s1. The Hall–Kier alpha value is -1.80. The van der Waals surface area contributed by atoms with Crippen LogP contribution in [0.2, 0.25) is 0 Å². The molecule has 0 spiro atoms. The van der Waals surface area contributed by atoms with Crippen molar-refractivity contribution in [1.82, 2.24) is 14.9 Å². The van der Waals surface area contributed by atoms with Crippen molar-refractivity contribution in [1.29, 1.82) is 0 Å². The predicted molar refractivity (Wildman–Crippen MR) is 99.1 cm³/mol. The highest BCUT2D eigenvalue weighted by Gasteiger charge is 2.61. The van der Waals surface area contributed by atoms with Gasteiger partial charge in [-0.05, 0) is 26.2 Å². The predicted octanol–water partition coefficient (Wildman–Crippen LogP) is 2.62. The lowest BCUT2D eigenvalue weighted by Gasteiger charge is -2.34. The van der Waals surface area contributed by atoms with Gasteiger partial charge in [0.15, 0.2) is 0 Å². The van der Waals surface area contributed by atoms with Crippen molar-refractivity contribution in [3.63, 3.8) is 0 Å². The Labute approximate surface area is 160 Å². The highest BCUT2D eigenvalue weighted by molar-refractivity contribution is 7.09. The number of aryl methyl sites for hydroxylation is 1. The van der Waals surface area contributed by atoms with Gasteiger partial charge in [0.2, 0.25) is 5.91 Å². The van der Waals surface area contributed by atoms with E-state index < -0.39 is 5.41 Å². The van der Waals surface area contributed by atoms with Gasteiger partial charge in [0.05, 0.1) is 40.9 Å². The number of methoxy groups -OCH3 is 1. The van der Waals surface area contributed by atoms with Crippen molar-refractivity contribution >= 4 is 34.6 Å². The number of thiazole rings is 2. The van der Waals surface area contributed by atoms with Crippen molar-refractivity contribution in [2.24, 2.45) is 5.41 Å². The molecule has 0 radical (unpaired) electrons. The number of carbonyl (C=O) groups excluding carboxylic acids is 2. The zero-order valence-corrected chi connectivity index (χ0v) is 16.4. The van der Waals surface area contributed by atoms with E-state index in [0.29, 0.717) is 19.3 Å². The fourth-order valence-electron chi connectivity index (χ4n) is 4.63. The maximum Gasteiger partial charge on any atom is 0.314 e. The number of fused-ring (bicyclic) bond motifs is 2. The minimum Gasteiger partial charge on any atom is -0.469 e. The first-order valence-corrected chi connectivity index (χ1v) is 10.5. The van der Waals surface area contributed by atoms with E-state index in [0.717, 1.165) is 29.2 Å². The van der Waals surface area contributed by atoms with E-state index in [1.165, 1.54) is 18.4 Å². The van der Waals surface area contributed by atoms with Crippen molar-refractivity contribution < 1.29 is 14.3 Å². The number of carbonyl (C=O) groups is 2. The van der Waals surface area contributed by atoms with Gasteiger partial charge in [-0.3, -0.25) is 9.59 Å². The van der Waals surface area contributed by atoms with E-state index in [4.69, 9.17) is 4.74 Å². The first-order valence-electron chi connectivity index (χ1n) is 8.71. The van der Waals surface area contributed by atoms with Gasteiger partial charge in [-0.2, -0.15) is 0 Å². The molecule has 1 amide bonds. The first kappa shape index (κ1) is 17.6. The number of hydrogen-bond acceptors (Lipinski definition) is 7. The number of aromatic nitrogens is 2. The molecule has 0 aromatic carbocycles. The third-order valence-corrected chi connectivity index (χ3v) is 7.06. The Morgan fingerprint density at radius 2 is 2.19 bits per heavy atom. The SMILES string of the molecule is COC(=O)[C@@]1(Cc2cscn2)C[C@H]2CC[C@@H]1N2C(=O)Cc1csc(C)n1. The number of hydrogen-bond donors (Lipinski definition) is 0. The Balaban J connectivity index is 1.60. The molecule has 0 N–H and O–H groups in total. The minimum atomic E-state index is -0.681. The lowest BCUT2D eigenvalue weighted by molar-refractivity contribution is -0.155. The van der Waals surface area contributed by atoms with Gasteiger partial charge < -0.3 is 9.64 Å². The number of rotatable bonds is 5. The van der Waals surface area contributed by atoms with Crippen LogP contribution in [-0.2, 0) is 27.2 Å². The van der Waals surface area contributed by atoms with Crippen LogP contribution in [0.5, 0.6) is 0 Å². The summed E-state index contributed by atoms with van der Waals surface area (Å²) in [6.07, 6.45) is 3.27. The molecule has 2 aromatic heterocycles. The molecule has 3 atom stereocenters. The van der Waals surface area contributed by atoms with Gasteiger partial charge in [0.1, 0.15) is 0 Å². The summed E-state index contributed by atoms with van der Waals surface area (Å²) in [5.41, 5.74) is 2.81. The van der Waals surface area contributed by atoms with Crippen LogP contribution in [-0.4, -0.2) is 45.9 Å². The van der Waals surface area contributed by atoms with E-state index in [1.807, 2.05) is 22.6 Å². The molecule has 2 saturated heterocycles. The highest BCUT2D eigenvalue weighted by atomic mass is 32.1. The summed E-state index contributed by atoms with van der Waals surface area (Å²) < 4.78 is 5.18. The third kappa shape index (κ3) is 2.85. The molecule has 0 saturated carbocycles. The molecule has 138 valence electrons.